The lowest BCUT2D eigenvalue weighted by atomic mass is 10.0. The Morgan fingerprint density at radius 2 is 1.63 bits per heavy atom. The van der Waals surface area contributed by atoms with Crippen LogP contribution in [-0.2, 0) is 19.6 Å². The molecule has 1 atom stereocenters. The van der Waals surface area contributed by atoms with E-state index in [0.717, 1.165) is 23.1 Å². The zero-order valence-electron chi connectivity index (χ0n) is 28.4. The largest absolute Gasteiger partial charge is 0.454 e. The summed E-state index contributed by atoms with van der Waals surface area (Å²) in [5.41, 5.74) is 0.170. The predicted octanol–water partition coefficient (Wildman–Crippen LogP) is 4.20. The Labute approximate surface area is 298 Å². The molecule has 4 aromatic rings. The second-order valence-electron chi connectivity index (χ2n) is 12.4. The molecule has 0 radical (unpaired) electrons. The molecule has 4 amide bonds. The molecule has 0 bridgehead atoms. The normalized spacial score (nSPS) is 17.0. The van der Waals surface area contributed by atoms with E-state index in [1.54, 1.807) is 26.1 Å². The lowest BCUT2D eigenvalue weighted by molar-refractivity contribution is -0.132. The fourth-order valence-corrected chi connectivity index (χ4v) is 6.49. The maximum absolute atomic E-state index is 15.3. The highest BCUT2D eigenvalue weighted by atomic mass is 32.2. The molecule has 0 spiro atoms. The molecule has 2 N–H and O–H groups in total. The van der Waals surface area contributed by atoms with Gasteiger partial charge in [0.2, 0.25) is 27.8 Å². The van der Waals surface area contributed by atoms with Gasteiger partial charge in [0.1, 0.15) is 29.1 Å². The van der Waals surface area contributed by atoms with Gasteiger partial charge in [-0.25, -0.2) is 36.9 Å². The van der Waals surface area contributed by atoms with Crippen molar-refractivity contribution in [3.8, 4) is 11.5 Å². The molecular formula is C34H35F2N9O6S. The molecule has 2 aromatic heterocycles. The molecule has 0 saturated carbocycles. The van der Waals surface area contributed by atoms with Crippen molar-refractivity contribution < 1.29 is 36.3 Å². The summed E-state index contributed by atoms with van der Waals surface area (Å²) >= 11 is 0. The van der Waals surface area contributed by atoms with Crippen LogP contribution in [0.15, 0.2) is 73.1 Å². The number of sulfonamides is 1. The summed E-state index contributed by atoms with van der Waals surface area (Å²) in [6, 6.07) is 12.2. The summed E-state index contributed by atoms with van der Waals surface area (Å²) in [5, 5.41) is 5.62. The summed E-state index contributed by atoms with van der Waals surface area (Å²) in [6.45, 7) is 4.78. The zero-order chi connectivity index (χ0) is 37.2. The van der Waals surface area contributed by atoms with E-state index in [9.17, 15) is 27.2 Å². The van der Waals surface area contributed by atoms with Crippen LogP contribution in [0.1, 0.15) is 13.8 Å². The van der Waals surface area contributed by atoms with Crippen molar-refractivity contribution in [2.75, 3.05) is 59.4 Å². The third-order valence-corrected chi connectivity index (χ3v) is 9.71. The lowest BCUT2D eigenvalue weighted by Crippen LogP contribution is -2.61. The number of hydrogen-bond acceptors (Lipinski definition) is 11. The molecule has 18 heteroatoms. The van der Waals surface area contributed by atoms with Gasteiger partial charge in [-0.15, -0.1) is 0 Å². The van der Waals surface area contributed by atoms with E-state index in [1.165, 1.54) is 58.1 Å². The number of halogens is 2. The van der Waals surface area contributed by atoms with Crippen LogP contribution in [0.4, 0.5) is 42.5 Å². The molecule has 52 heavy (non-hydrogen) atoms. The van der Waals surface area contributed by atoms with Crippen molar-refractivity contribution >= 4 is 56.8 Å². The number of anilines is 5. The van der Waals surface area contributed by atoms with Crippen molar-refractivity contribution in [2.24, 2.45) is 5.92 Å². The minimum atomic E-state index is -3.28. The van der Waals surface area contributed by atoms with E-state index >= 15 is 4.39 Å². The van der Waals surface area contributed by atoms with Gasteiger partial charge in [-0.05, 0) is 62.4 Å². The molecular weight excluding hydrogens is 700 g/mol. The number of ether oxygens (including phenoxy) is 1. The molecule has 2 saturated heterocycles. The van der Waals surface area contributed by atoms with Crippen LogP contribution >= 0.6 is 0 Å². The first-order chi connectivity index (χ1) is 24.8. The number of aromatic nitrogens is 3. The molecule has 6 rings (SSSR count). The molecule has 272 valence electrons. The highest BCUT2D eigenvalue weighted by Gasteiger charge is 2.44. The van der Waals surface area contributed by atoms with Crippen LogP contribution in [0.25, 0.3) is 0 Å². The molecule has 2 aliphatic heterocycles. The van der Waals surface area contributed by atoms with Crippen molar-refractivity contribution in [1.82, 2.24) is 24.2 Å². The van der Waals surface area contributed by atoms with Gasteiger partial charge in [0.15, 0.2) is 11.6 Å². The third kappa shape index (κ3) is 8.07. The maximum atomic E-state index is 15.3. The number of hydrogen-bond donors (Lipinski definition) is 2. The molecule has 2 aromatic carbocycles. The number of amides is 4. The van der Waals surface area contributed by atoms with Gasteiger partial charge in [-0.1, -0.05) is 0 Å². The van der Waals surface area contributed by atoms with Crippen LogP contribution < -0.4 is 25.2 Å². The minimum absolute atomic E-state index is 0.0540. The SMILES string of the molecule is CC(C)N1CC(C(=O)Nc2ccc(Oc3ccnc(Nc4ccnc(N5CCN(S(C)(=O)=O)CC5)n4)c3)c(F)c2)C(=O)N(c2ccc(F)cc2)C1=O. The van der Waals surface area contributed by atoms with E-state index in [4.69, 9.17) is 4.74 Å². The smallest absolute Gasteiger partial charge is 0.331 e. The molecule has 15 nitrogen and oxygen atoms in total. The van der Waals surface area contributed by atoms with Gasteiger partial charge in [0.05, 0.1) is 11.9 Å². The van der Waals surface area contributed by atoms with Crippen molar-refractivity contribution in [3.63, 3.8) is 0 Å². The summed E-state index contributed by atoms with van der Waals surface area (Å²) in [7, 11) is -3.28. The van der Waals surface area contributed by atoms with Crippen LogP contribution in [0.2, 0.25) is 0 Å². The molecule has 2 fully saturated rings. The average molecular weight is 736 g/mol. The van der Waals surface area contributed by atoms with Gasteiger partial charge >= 0.3 is 6.03 Å². The second-order valence-corrected chi connectivity index (χ2v) is 14.3. The zero-order valence-corrected chi connectivity index (χ0v) is 29.2. The monoisotopic (exact) mass is 735 g/mol. The Bertz CT molecular complexity index is 2100. The number of benzene rings is 2. The minimum Gasteiger partial charge on any atom is -0.454 e. The second kappa shape index (κ2) is 14.8. The van der Waals surface area contributed by atoms with Gasteiger partial charge in [-0.2, -0.15) is 9.29 Å². The number of nitrogens with zero attached hydrogens (tertiary/aromatic N) is 7. The van der Waals surface area contributed by atoms with Crippen LogP contribution in [-0.4, -0.2) is 95.4 Å². The van der Waals surface area contributed by atoms with Crippen LogP contribution in [0.5, 0.6) is 11.5 Å². The first kappa shape index (κ1) is 36.1. The Morgan fingerprint density at radius 1 is 0.923 bits per heavy atom. The topological polar surface area (TPSA) is 170 Å². The van der Waals surface area contributed by atoms with E-state index in [1.807, 2.05) is 4.90 Å². The molecule has 2 aliphatic rings. The third-order valence-electron chi connectivity index (χ3n) is 8.41. The lowest BCUT2D eigenvalue weighted by Gasteiger charge is -2.39. The van der Waals surface area contributed by atoms with Crippen LogP contribution in [0, 0.1) is 17.6 Å². The Morgan fingerprint density at radius 3 is 2.31 bits per heavy atom. The van der Waals surface area contributed by atoms with Gasteiger partial charge in [-0.3, -0.25) is 9.59 Å². The van der Waals surface area contributed by atoms with Gasteiger partial charge in [0.25, 0.3) is 0 Å². The average Bonchev–Trinajstić information content (AvgIpc) is 3.10. The standard InChI is InChI=1S/C34H35F2N9O6S/c1-21(2)44-20-26(32(47)45(34(44)48)24-7-4-22(35)5-8-24)31(46)39-23-6-9-28(27(36)18-23)51-25-10-12-37-30(19-25)40-29-11-13-38-33(41-29)42-14-16-43(17-15-42)52(3,49)50/h4-13,18-19,21,26H,14-17,20H2,1-3H3,(H,39,46)(H,37,38,40,41). The fraction of sp³-hybridized carbons (Fsp3) is 0.294. The Balaban J connectivity index is 1.10. The van der Waals surface area contributed by atoms with Crippen molar-refractivity contribution in [2.45, 2.75) is 19.9 Å². The van der Waals surface area contributed by atoms with Crippen molar-refractivity contribution in [3.05, 3.63) is 84.7 Å². The number of imide groups is 1. The fourth-order valence-electron chi connectivity index (χ4n) is 5.67. The van der Waals surface area contributed by atoms with Crippen LogP contribution in [0.3, 0.4) is 0 Å². The van der Waals surface area contributed by atoms with E-state index in [2.05, 4.69) is 25.6 Å². The predicted molar refractivity (Wildman–Crippen MR) is 188 cm³/mol. The number of piperazine rings is 1. The maximum Gasteiger partial charge on any atom is 0.331 e. The summed E-state index contributed by atoms with van der Waals surface area (Å²) in [5.74, 6) is -2.94. The highest BCUT2D eigenvalue weighted by Crippen LogP contribution is 2.30. The number of carbonyl (C=O) groups is 3. The number of pyridine rings is 1. The van der Waals surface area contributed by atoms with Gasteiger partial charge in [0, 0.05) is 69.0 Å². The van der Waals surface area contributed by atoms with E-state index in [-0.39, 0.29) is 35.5 Å². The number of rotatable bonds is 10. The number of carbonyl (C=O) groups excluding carboxylic acids is 3. The summed E-state index contributed by atoms with van der Waals surface area (Å²) < 4.78 is 59.7. The molecule has 4 heterocycles. The first-order valence-corrected chi connectivity index (χ1v) is 18.1. The Hall–Kier alpha value is -5.75. The molecule has 0 aliphatic carbocycles. The number of urea groups is 1. The van der Waals surface area contributed by atoms with Gasteiger partial charge < -0.3 is 25.2 Å². The quantitative estimate of drug-likeness (QED) is 0.224. The summed E-state index contributed by atoms with van der Waals surface area (Å²) in [4.78, 5) is 57.1. The number of nitrogens with one attached hydrogen (secondary N) is 2. The molecule has 1 unspecified atom stereocenters. The van der Waals surface area contributed by atoms with E-state index < -0.39 is 45.4 Å². The Kier molecular flexibility index (Phi) is 10.3. The summed E-state index contributed by atoms with van der Waals surface area (Å²) in [6.07, 6.45) is 4.20. The highest BCUT2D eigenvalue weighted by molar-refractivity contribution is 7.88. The first-order valence-electron chi connectivity index (χ1n) is 16.2. The van der Waals surface area contributed by atoms with Crippen molar-refractivity contribution in [1.29, 1.82) is 0 Å². The van der Waals surface area contributed by atoms with E-state index in [0.29, 0.717) is 43.8 Å².